The summed E-state index contributed by atoms with van der Waals surface area (Å²) >= 11 is 0. The van der Waals surface area contributed by atoms with Crippen LogP contribution in [0.3, 0.4) is 0 Å². The van der Waals surface area contributed by atoms with E-state index in [0.717, 1.165) is 12.5 Å². The molecular weight excluding hydrogens is 210 g/mol. The van der Waals surface area contributed by atoms with Crippen molar-refractivity contribution in [2.24, 2.45) is 11.3 Å². The summed E-state index contributed by atoms with van der Waals surface area (Å²) in [5.41, 5.74) is 0.334. The van der Waals surface area contributed by atoms with Crippen LogP contribution in [0.4, 0.5) is 0 Å². The predicted octanol–water partition coefficient (Wildman–Crippen LogP) is 3.36. The van der Waals surface area contributed by atoms with Gasteiger partial charge >= 0.3 is 0 Å². The lowest BCUT2D eigenvalue weighted by Gasteiger charge is -2.55. The molecule has 1 N–H and O–H groups in total. The van der Waals surface area contributed by atoms with Gasteiger partial charge in [-0.1, -0.05) is 40.0 Å². The second kappa shape index (κ2) is 5.27. The summed E-state index contributed by atoms with van der Waals surface area (Å²) in [6.07, 6.45) is 7.15. The summed E-state index contributed by atoms with van der Waals surface area (Å²) in [4.78, 5) is 0. The quantitative estimate of drug-likeness (QED) is 0.718. The molecule has 4 atom stereocenters. The summed E-state index contributed by atoms with van der Waals surface area (Å²) in [5, 5.41) is 3.86. The lowest BCUT2D eigenvalue weighted by Crippen LogP contribution is -2.67. The first kappa shape index (κ1) is 13.4. The maximum absolute atomic E-state index is 5.84. The van der Waals surface area contributed by atoms with Crippen molar-refractivity contribution >= 4 is 0 Å². The number of hydrogen-bond acceptors (Lipinski definition) is 2. The van der Waals surface area contributed by atoms with Crippen molar-refractivity contribution in [3.8, 4) is 0 Å². The van der Waals surface area contributed by atoms with E-state index in [2.05, 4.69) is 33.0 Å². The topological polar surface area (TPSA) is 21.3 Å². The molecule has 2 heteroatoms. The Morgan fingerprint density at radius 1 is 1.35 bits per heavy atom. The Morgan fingerprint density at radius 2 is 2.12 bits per heavy atom. The monoisotopic (exact) mass is 239 g/mol. The Labute approximate surface area is 107 Å². The molecule has 2 rings (SSSR count). The van der Waals surface area contributed by atoms with Gasteiger partial charge in [0.2, 0.25) is 0 Å². The summed E-state index contributed by atoms with van der Waals surface area (Å²) in [7, 11) is 0. The van der Waals surface area contributed by atoms with Gasteiger partial charge in [0, 0.05) is 30.0 Å². The van der Waals surface area contributed by atoms with Gasteiger partial charge < -0.3 is 10.1 Å². The van der Waals surface area contributed by atoms with Crippen LogP contribution in [-0.4, -0.2) is 24.8 Å². The molecule has 1 heterocycles. The number of rotatable bonds is 6. The van der Waals surface area contributed by atoms with Crippen molar-refractivity contribution in [3.63, 3.8) is 0 Å². The molecule has 0 spiro atoms. The number of unbranched alkanes of at least 4 members (excludes halogenated alkanes) is 2. The minimum atomic E-state index is 0.334. The molecule has 2 fully saturated rings. The van der Waals surface area contributed by atoms with Gasteiger partial charge in [0.05, 0.1) is 6.10 Å². The number of hydrogen-bond donors (Lipinski definition) is 1. The molecule has 0 bridgehead atoms. The summed E-state index contributed by atoms with van der Waals surface area (Å²) in [6.45, 7) is 10.3. The van der Waals surface area contributed by atoms with E-state index in [0.29, 0.717) is 23.6 Å². The van der Waals surface area contributed by atoms with Crippen LogP contribution in [0.5, 0.6) is 0 Å². The van der Waals surface area contributed by atoms with Crippen molar-refractivity contribution < 1.29 is 4.74 Å². The SMILES string of the molecule is CCCCCC(C)NC1C2CCOC2C1(C)C. The Balaban J connectivity index is 1.78. The molecule has 17 heavy (non-hydrogen) atoms. The second-order valence-corrected chi connectivity index (χ2v) is 6.61. The third-order valence-electron chi connectivity index (χ3n) is 4.81. The van der Waals surface area contributed by atoms with E-state index in [9.17, 15) is 0 Å². The highest BCUT2D eigenvalue weighted by Gasteiger charge is 2.59. The van der Waals surface area contributed by atoms with Gasteiger partial charge in [-0.05, 0) is 19.8 Å². The van der Waals surface area contributed by atoms with Crippen molar-refractivity contribution in [3.05, 3.63) is 0 Å². The Hall–Kier alpha value is -0.0800. The zero-order valence-corrected chi connectivity index (χ0v) is 12.0. The molecule has 4 unspecified atom stereocenters. The zero-order valence-electron chi connectivity index (χ0n) is 12.0. The first-order chi connectivity index (χ1) is 8.07. The van der Waals surface area contributed by atoms with E-state index in [1.807, 2.05) is 0 Å². The van der Waals surface area contributed by atoms with Crippen LogP contribution in [0.1, 0.15) is 59.8 Å². The molecule has 0 aromatic carbocycles. The molecule has 100 valence electrons. The minimum absolute atomic E-state index is 0.334. The largest absolute Gasteiger partial charge is 0.377 e. The highest BCUT2D eigenvalue weighted by molar-refractivity contribution is 5.11. The maximum Gasteiger partial charge on any atom is 0.0685 e. The number of ether oxygens (including phenoxy) is 1. The van der Waals surface area contributed by atoms with Gasteiger partial charge in [-0.3, -0.25) is 0 Å². The van der Waals surface area contributed by atoms with Crippen LogP contribution in [-0.2, 0) is 4.74 Å². The fourth-order valence-corrected chi connectivity index (χ4v) is 3.75. The second-order valence-electron chi connectivity index (χ2n) is 6.61. The summed E-state index contributed by atoms with van der Waals surface area (Å²) < 4.78 is 5.84. The van der Waals surface area contributed by atoms with Crippen LogP contribution in [0, 0.1) is 11.3 Å². The summed E-state index contributed by atoms with van der Waals surface area (Å²) in [5.74, 6) is 0.777. The van der Waals surface area contributed by atoms with Crippen LogP contribution in [0.2, 0.25) is 0 Å². The summed E-state index contributed by atoms with van der Waals surface area (Å²) in [6, 6.07) is 1.33. The molecule has 1 aliphatic carbocycles. The van der Waals surface area contributed by atoms with Crippen LogP contribution in [0.25, 0.3) is 0 Å². The molecule has 0 aromatic rings. The first-order valence-corrected chi connectivity index (χ1v) is 7.45. The highest BCUT2D eigenvalue weighted by atomic mass is 16.5. The lowest BCUT2D eigenvalue weighted by molar-refractivity contribution is -0.115. The molecule has 0 radical (unpaired) electrons. The van der Waals surface area contributed by atoms with Gasteiger partial charge in [0.1, 0.15) is 0 Å². The number of nitrogens with one attached hydrogen (secondary N) is 1. The molecule has 1 saturated heterocycles. The number of fused-ring (bicyclic) bond motifs is 1. The maximum atomic E-state index is 5.84. The molecule has 2 aliphatic rings. The normalized spacial score (nSPS) is 36.4. The third kappa shape index (κ3) is 2.53. The minimum Gasteiger partial charge on any atom is -0.377 e. The van der Waals surface area contributed by atoms with E-state index < -0.39 is 0 Å². The van der Waals surface area contributed by atoms with Crippen molar-refractivity contribution in [2.75, 3.05) is 6.61 Å². The molecular formula is C15H29NO. The highest BCUT2D eigenvalue weighted by Crippen LogP contribution is 2.52. The van der Waals surface area contributed by atoms with Gasteiger partial charge in [-0.15, -0.1) is 0 Å². The van der Waals surface area contributed by atoms with Crippen molar-refractivity contribution in [1.82, 2.24) is 5.32 Å². The lowest BCUT2D eigenvalue weighted by atomic mass is 9.57. The third-order valence-corrected chi connectivity index (χ3v) is 4.81. The average molecular weight is 239 g/mol. The zero-order chi connectivity index (χ0) is 12.5. The van der Waals surface area contributed by atoms with Crippen LogP contribution < -0.4 is 5.32 Å². The smallest absolute Gasteiger partial charge is 0.0685 e. The fraction of sp³-hybridized carbons (Fsp3) is 1.00. The van der Waals surface area contributed by atoms with Crippen molar-refractivity contribution in [2.45, 2.75) is 78.0 Å². The Bertz CT molecular complexity index is 251. The van der Waals surface area contributed by atoms with Gasteiger partial charge in [0.25, 0.3) is 0 Å². The standard InChI is InChI=1S/C15H29NO/c1-5-6-7-8-11(2)16-13-12-9-10-17-14(12)15(13,3)4/h11-14,16H,5-10H2,1-4H3. The van der Waals surface area contributed by atoms with Crippen LogP contribution >= 0.6 is 0 Å². The first-order valence-electron chi connectivity index (χ1n) is 7.45. The van der Waals surface area contributed by atoms with E-state index in [4.69, 9.17) is 4.74 Å². The Kier molecular flexibility index (Phi) is 4.14. The van der Waals surface area contributed by atoms with Gasteiger partial charge in [-0.25, -0.2) is 0 Å². The van der Waals surface area contributed by atoms with Crippen LogP contribution in [0.15, 0.2) is 0 Å². The molecule has 1 saturated carbocycles. The van der Waals surface area contributed by atoms with E-state index in [-0.39, 0.29) is 0 Å². The van der Waals surface area contributed by atoms with E-state index >= 15 is 0 Å². The molecule has 1 aliphatic heterocycles. The molecule has 0 aromatic heterocycles. The predicted molar refractivity (Wildman–Crippen MR) is 72.2 cm³/mol. The van der Waals surface area contributed by atoms with Gasteiger partial charge in [0.15, 0.2) is 0 Å². The van der Waals surface area contributed by atoms with E-state index in [1.54, 1.807) is 0 Å². The van der Waals surface area contributed by atoms with Crippen molar-refractivity contribution in [1.29, 1.82) is 0 Å². The average Bonchev–Trinajstić information content (AvgIpc) is 2.73. The van der Waals surface area contributed by atoms with Gasteiger partial charge in [-0.2, -0.15) is 0 Å². The molecule has 0 amide bonds. The van der Waals surface area contributed by atoms with E-state index in [1.165, 1.54) is 32.1 Å². The fourth-order valence-electron chi connectivity index (χ4n) is 3.75. The Morgan fingerprint density at radius 3 is 2.82 bits per heavy atom. The molecule has 2 nitrogen and oxygen atoms in total.